The van der Waals surface area contributed by atoms with Crippen molar-refractivity contribution in [3.05, 3.63) is 69.5 Å². The molecular weight excluding hydrogens is 286 g/mol. The van der Waals surface area contributed by atoms with Crippen LogP contribution in [-0.4, -0.2) is 0 Å². The highest BCUT2D eigenvalue weighted by Crippen LogP contribution is 2.28. The van der Waals surface area contributed by atoms with Crippen LogP contribution < -0.4 is 11.3 Å². The van der Waals surface area contributed by atoms with Crippen molar-refractivity contribution in [3.8, 4) is 0 Å². The fourth-order valence-corrected chi connectivity index (χ4v) is 2.46. The van der Waals surface area contributed by atoms with E-state index in [1.807, 2.05) is 18.2 Å². The van der Waals surface area contributed by atoms with Gasteiger partial charge in [0.15, 0.2) is 0 Å². The maximum atomic E-state index is 13.8. The number of nitrogens with one attached hydrogen (secondary N) is 1. The van der Waals surface area contributed by atoms with Gasteiger partial charge in [-0.15, -0.1) is 0 Å². The largest absolute Gasteiger partial charge is 0.271 e. The van der Waals surface area contributed by atoms with Crippen molar-refractivity contribution in [1.82, 2.24) is 5.43 Å². The molecule has 0 spiro atoms. The highest BCUT2D eigenvalue weighted by Gasteiger charge is 2.17. The lowest BCUT2D eigenvalue weighted by Crippen LogP contribution is -2.30. The molecule has 0 bridgehead atoms. The monoisotopic (exact) mass is 298 g/mol. The summed E-state index contributed by atoms with van der Waals surface area (Å²) in [5, 5.41) is 0.963. The zero-order chi connectivity index (χ0) is 13.8. The van der Waals surface area contributed by atoms with E-state index in [1.165, 1.54) is 6.07 Å². The standard InChI is InChI=1S/C14H13Cl2FN2/c15-11-5-2-1-4-9(11)14(19-18)8-10-12(16)6-3-7-13(10)17/h1-7,14,19H,8,18H2. The summed E-state index contributed by atoms with van der Waals surface area (Å²) in [5.41, 5.74) is 3.89. The molecule has 0 aliphatic rings. The Labute approximate surface area is 121 Å². The van der Waals surface area contributed by atoms with Crippen molar-refractivity contribution in [2.24, 2.45) is 5.84 Å². The second-order valence-corrected chi connectivity index (χ2v) is 4.96. The number of hydrazine groups is 1. The van der Waals surface area contributed by atoms with Crippen LogP contribution in [0.1, 0.15) is 17.2 Å². The van der Waals surface area contributed by atoms with Gasteiger partial charge in [0.05, 0.1) is 6.04 Å². The van der Waals surface area contributed by atoms with E-state index >= 15 is 0 Å². The van der Waals surface area contributed by atoms with Gasteiger partial charge in [0.2, 0.25) is 0 Å². The van der Waals surface area contributed by atoms with Gasteiger partial charge >= 0.3 is 0 Å². The van der Waals surface area contributed by atoms with E-state index in [2.05, 4.69) is 5.43 Å². The minimum atomic E-state index is -0.347. The van der Waals surface area contributed by atoms with E-state index in [-0.39, 0.29) is 11.9 Å². The Bertz CT molecular complexity index is 555. The third-order valence-electron chi connectivity index (χ3n) is 2.95. The van der Waals surface area contributed by atoms with Gasteiger partial charge < -0.3 is 0 Å². The Morgan fingerprint density at radius 3 is 2.37 bits per heavy atom. The summed E-state index contributed by atoms with van der Waals surface area (Å²) in [6.45, 7) is 0. The molecule has 0 saturated carbocycles. The lowest BCUT2D eigenvalue weighted by atomic mass is 9.99. The molecule has 0 radical (unpaired) electrons. The van der Waals surface area contributed by atoms with Gasteiger partial charge in [-0.2, -0.15) is 0 Å². The van der Waals surface area contributed by atoms with Crippen LogP contribution in [0.3, 0.4) is 0 Å². The molecule has 0 aliphatic carbocycles. The van der Waals surface area contributed by atoms with E-state index in [0.29, 0.717) is 22.0 Å². The van der Waals surface area contributed by atoms with Gasteiger partial charge in [-0.05, 0) is 30.2 Å². The van der Waals surface area contributed by atoms with Crippen LogP contribution in [0.2, 0.25) is 10.0 Å². The predicted molar refractivity (Wildman–Crippen MR) is 76.6 cm³/mol. The normalized spacial score (nSPS) is 12.4. The summed E-state index contributed by atoms with van der Waals surface area (Å²) in [7, 11) is 0. The van der Waals surface area contributed by atoms with E-state index in [1.54, 1.807) is 18.2 Å². The van der Waals surface area contributed by atoms with Gasteiger partial charge in [0, 0.05) is 15.6 Å². The Kier molecular flexibility index (Phi) is 4.77. The fraction of sp³-hybridized carbons (Fsp3) is 0.143. The molecule has 0 aliphatic heterocycles. The van der Waals surface area contributed by atoms with Crippen LogP contribution in [0.25, 0.3) is 0 Å². The zero-order valence-corrected chi connectivity index (χ0v) is 11.5. The summed E-state index contributed by atoms with van der Waals surface area (Å²) in [4.78, 5) is 0. The van der Waals surface area contributed by atoms with E-state index in [0.717, 1.165) is 5.56 Å². The smallest absolute Gasteiger partial charge is 0.127 e. The van der Waals surface area contributed by atoms with Crippen LogP contribution >= 0.6 is 23.2 Å². The number of benzene rings is 2. The first kappa shape index (κ1) is 14.3. The minimum absolute atomic E-state index is 0.303. The van der Waals surface area contributed by atoms with Gasteiger partial charge in [-0.25, -0.2) is 4.39 Å². The van der Waals surface area contributed by atoms with Crippen molar-refractivity contribution in [2.75, 3.05) is 0 Å². The van der Waals surface area contributed by atoms with E-state index in [4.69, 9.17) is 29.0 Å². The molecule has 5 heteroatoms. The van der Waals surface area contributed by atoms with Crippen LogP contribution in [-0.2, 0) is 6.42 Å². The third-order valence-corrected chi connectivity index (χ3v) is 3.65. The van der Waals surface area contributed by atoms with Crippen molar-refractivity contribution in [3.63, 3.8) is 0 Å². The average Bonchev–Trinajstić information content (AvgIpc) is 2.40. The zero-order valence-electron chi connectivity index (χ0n) is 10.0. The second kappa shape index (κ2) is 6.35. The van der Waals surface area contributed by atoms with E-state index < -0.39 is 0 Å². The Hall–Kier alpha value is -1.13. The van der Waals surface area contributed by atoms with Gasteiger partial charge in [-0.3, -0.25) is 11.3 Å². The average molecular weight is 299 g/mol. The molecule has 3 N–H and O–H groups in total. The highest BCUT2D eigenvalue weighted by atomic mass is 35.5. The summed E-state index contributed by atoms with van der Waals surface area (Å²) < 4.78 is 13.8. The maximum absolute atomic E-state index is 13.8. The molecule has 100 valence electrons. The molecule has 0 aromatic heterocycles. The Balaban J connectivity index is 2.32. The molecule has 0 amide bonds. The van der Waals surface area contributed by atoms with Crippen LogP contribution in [0, 0.1) is 5.82 Å². The quantitative estimate of drug-likeness (QED) is 0.664. The molecule has 2 nitrogen and oxygen atoms in total. The molecule has 19 heavy (non-hydrogen) atoms. The second-order valence-electron chi connectivity index (χ2n) is 4.15. The van der Waals surface area contributed by atoms with E-state index in [9.17, 15) is 4.39 Å². The molecule has 1 unspecified atom stereocenters. The lowest BCUT2D eigenvalue weighted by molar-refractivity contribution is 0.529. The predicted octanol–water partition coefficient (Wildman–Crippen LogP) is 3.88. The summed E-state index contributed by atoms with van der Waals surface area (Å²) >= 11 is 12.1. The van der Waals surface area contributed by atoms with Crippen LogP contribution in [0.5, 0.6) is 0 Å². The number of nitrogens with two attached hydrogens (primary N) is 1. The molecule has 0 saturated heterocycles. The van der Waals surface area contributed by atoms with Crippen molar-refractivity contribution < 1.29 is 4.39 Å². The van der Waals surface area contributed by atoms with Crippen LogP contribution in [0.15, 0.2) is 42.5 Å². The highest BCUT2D eigenvalue weighted by molar-refractivity contribution is 6.31. The summed E-state index contributed by atoms with van der Waals surface area (Å²) in [6.07, 6.45) is 0.325. The summed E-state index contributed by atoms with van der Waals surface area (Å²) in [5.74, 6) is 5.20. The summed E-state index contributed by atoms with van der Waals surface area (Å²) in [6, 6.07) is 11.6. The van der Waals surface area contributed by atoms with Crippen molar-refractivity contribution >= 4 is 23.2 Å². The van der Waals surface area contributed by atoms with Crippen molar-refractivity contribution in [2.45, 2.75) is 12.5 Å². The first-order valence-corrected chi connectivity index (χ1v) is 6.52. The maximum Gasteiger partial charge on any atom is 0.127 e. The van der Waals surface area contributed by atoms with Gasteiger partial charge in [0.1, 0.15) is 5.82 Å². The first-order chi connectivity index (χ1) is 9.13. The number of rotatable bonds is 4. The van der Waals surface area contributed by atoms with Gasteiger partial charge in [-0.1, -0.05) is 47.5 Å². The number of hydrogen-bond acceptors (Lipinski definition) is 2. The Morgan fingerprint density at radius 1 is 1.05 bits per heavy atom. The molecule has 0 fully saturated rings. The number of halogens is 3. The topological polar surface area (TPSA) is 38.0 Å². The molecule has 2 rings (SSSR count). The van der Waals surface area contributed by atoms with Crippen molar-refractivity contribution in [1.29, 1.82) is 0 Å². The first-order valence-electron chi connectivity index (χ1n) is 5.77. The third kappa shape index (κ3) is 3.25. The fourth-order valence-electron chi connectivity index (χ4n) is 1.95. The molecule has 1 atom stereocenters. The minimum Gasteiger partial charge on any atom is -0.271 e. The van der Waals surface area contributed by atoms with Gasteiger partial charge in [0.25, 0.3) is 0 Å². The number of hydrogen-bond donors (Lipinski definition) is 2. The van der Waals surface area contributed by atoms with Crippen LogP contribution in [0.4, 0.5) is 4.39 Å². The SMILES string of the molecule is NNC(Cc1c(F)cccc1Cl)c1ccccc1Cl. The molecular formula is C14H13Cl2FN2. The molecule has 0 heterocycles. The Morgan fingerprint density at radius 2 is 1.74 bits per heavy atom. The molecule has 2 aromatic rings. The lowest BCUT2D eigenvalue weighted by Gasteiger charge is -2.18. The molecule has 2 aromatic carbocycles.